The molecule has 0 rings (SSSR count). The van der Waals surface area contributed by atoms with Crippen molar-refractivity contribution in [2.75, 3.05) is 0 Å². The standard InChI is InChI=1S/C13H26O2Si/c1-8(2)11(9(3)4)13(6,7)10(5)12(14)15-16/h8-9,11H,5H2,1-4,6-7,16H3. The van der Waals surface area contributed by atoms with Crippen LogP contribution in [0.25, 0.3) is 0 Å². The van der Waals surface area contributed by atoms with E-state index in [-0.39, 0.29) is 11.4 Å². The summed E-state index contributed by atoms with van der Waals surface area (Å²) < 4.78 is 4.91. The van der Waals surface area contributed by atoms with Crippen molar-refractivity contribution in [1.82, 2.24) is 0 Å². The van der Waals surface area contributed by atoms with Gasteiger partial charge in [-0.25, -0.2) is 4.79 Å². The fraction of sp³-hybridized carbons (Fsp3) is 0.769. The van der Waals surface area contributed by atoms with Gasteiger partial charge in [-0.3, -0.25) is 0 Å². The van der Waals surface area contributed by atoms with Crippen molar-refractivity contribution in [3.8, 4) is 0 Å². The van der Waals surface area contributed by atoms with Gasteiger partial charge in [0, 0.05) is 5.57 Å². The molecule has 94 valence electrons. The van der Waals surface area contributed by atoms with Crippen molar-refractivity contribution >= 4 is 16.5 Å². The molecule has 3 heteroatoms. The Morgan fingerprint density at radius 1 is 1.19 bits per heavy atom. The van der Waals surface area contributed by atoms with E-state index < -0.39 is 0 Å². The molecule has 0 atom stereocenters. The first-order valence-electron chi connectivity index (χ1n) is 5.93. The molecule has 0 unspecified atom stereocenters. The maximum absolute atomic E-state index is 11.6. The Hall–Kier alpha value is -0.573. The van der Waals surface area contributed by atoms with Gasteiger partial charge in [0.05, 0.1) is 0 Å². The van der Waals surface area contributed by atoms with E-state index in [9.17, 15) is 4.79 Å². The molecule has 0 N–H and O–H groups in total. The first kappa shape index (κ1) is 15.4. The molecule has 2 nitrogen and oxygen atoms in total. The molecule has 16 heavy (non-hydrogen) atoms. The topological polar surface area (TPSA) is 26.3 Å². The lowest BCUT2D eigenvalue weighted by atomic mass is 9.64. The van der Waals surface area contributed by atoms with E-state index in [0.29, 0.717) is 33.8 Å². The predicted octanol–water partition coefficient (Wildman–Crippen LogP) is 2.32. The summed E-state index contributed by atoms with van der Waals surface area (Å²) in [6.45, 7) is 16.9. The van der Waals surface area contributed by atoms with E-state index in [2.05, 4.69) is 48.1 Å². The largest absolute Gasteiger partial charge is 0.525 e. The zero-order chi connectivity index (χ0) is 13.1. The normalized spacial score (nSPS) is 12.6. The second-order valence-corrected chi connectivity index (χ2v) is 6.11. The maximum atomic E-state index is 11.6. The van der Waals surface area contributed by atoms with E-state index in [4.69, 9.17) is 4.43 Å². The fourth-order valence-corrected chi connectivity index (χ4v) is 3.27. The Bertz CT molecular complexity index is 259. The van der Waals surface area contributed by atoms with Crippen LogP contribution in [0.5, 0.6) is 0 Å². The van der Waals surface area contributed by atoms with Crippen LogP contribution in [0.1, 0.15) is 41.5 Å². The van der Waals surface area contributed by atoms with Crippen molar-refractivity contribution in [2.45, 2.75) is 41.5 Å². The van der Waals surface area contributed by atoms with Gasteiger partial charge in [0.1, 0.15) is 0 Å². The Morgan fingerprint density at radius 3 is 1.81 bits per heavy atom. The summed E-state index contributed by atoms with van der Waals surface area (Å²) in [6.07, 6.45) is 0. The van der Waals surface area contributed by atoms with Crippen LogP contribution in [0.2, 0.25) is 0 Å². The van der Waals surface area contributed by atoms with Crippen LogP contribution in [-0.2, 0) is 9.22 Å². The number of hydrogen-bond donors (Lipinski definition) is 0. The zero-order valence-electron chi connectivity index (χ0n) is 11.8. The number of hydrogen-bond acceptors (Lipinski definition) is 2. The van der Waals surface area contributed by atoms with Gasteiger partial charge in [-0.1, -0.05) is 48.1 Å². The molecule has 0 heterocycles. The number of carbonyl (C=O) groups excluding carboxylic acids is 1. The van der Waals surface area contributed by atoms with Gasteiger partial charge < -0.3 is 4.43 Å². The van der Waals surface area contributed by atoms with Crippen LogP contribution in [-0.4, -0.2) is 16.5 Å². The van der Waals surface area contributed by atoms with E-state index >= 15 is 0 Å². The van der Waals surface area contributed by atoms with E-state index in [0.717, 1.165) is 0 Å². The van der Waals surface area contributed by atoms with Gasteiger partial charge in [-0.05, 0) is 23.2 Å². The quantitative estimate of drug-likeness (QED) is 0.546. The molecule has 0 fully saturated rings. The second-order valence-electron chi connectivity index (χ2n) is 5.71. The van der Waals surface area contributed by atoms with Crippen LogP contribution in [0, 0.1) is 23.2 Å². The molecular formula is C13H26O2Si. The average Bonchev–Trinajstić information content (AvgIpc) is 2.13. The lowest BCUT2D eigenvalue weighted by Gasteiger charge is -2.40. The number of rotatable bonds is 5. The second kappa shape index (κ2) is 5.67. The Morgan fingerprint density at radius 2 is 1.56 bits per heavy atom. The van der Waals surface area contributed by atoms with Crippen molar-refractivity contribution in [3.05, 3.63) is 12.2 Å². The molecule has 0 aliphatic rings. The van der Waals surface area contributed by atoms with E-state index in [1.807, 2.05) is 0 Å². The Labute approximate surface area is 103 Å². The summed E-state index contributed by atoms with van der Waals surface area (Å²) in [7, 11) is 0.432. The van der Waals surface area contributed by atoms with Gasteiger partial charge in [0.15, 0.2) is 0 Å². The van der Waals surface area contributed by atoms with Crippen molar-refractivity contribution < 1.29 is 9.22 Å². The van der Waals surface area contributed by atoms with Gasteiger partial charge in [-0.2, -0.15) is 0 Å². The van der Waals surface area contributed by atoms with Crippen molar-refractivity contribution in [3.63, 3.8) is 0 Å². The molecule has 0 bridgehead atoms. The van der Waals surface area contributed by atoms with Crippen LogP contribution in [0.15, 0.2) is 12.2 Å². The SMILES string of the molecule is C=C(C(=O)O[SiH3])C(C)(C)C(C(C)C)C(C)C. The average molecular weight is 242 g/mol. The first-order chi connectivity index (χ1) is 7.16. The molecule has 0 saturated heterocycles. The summed E-state index contributed by atoms with van der Waals surface area (Å²) in [5.41, 5.74) is 0.402. The third kappa shape index (κ3) is 3.21. The molecule has 0 amide bonds. The maximum Gasteiger partial charge on any atom is 0.319 e. The molecule has 0 aromatic heterocycles. The summed E-state index contributed by atoms with van der Waals surface area (Å²) in [6, 6.07) is 0. The summed E-state index contributed by atoms with van der Waals surface area (Å²) in [4.78, 5) is 11.6. The highest BCUT2D eigenvalue weighted by atomic mass is 28.2. The zero-order valence-corrected chi connectivity index (χ0v) is 13.8. The first-order valence-corrected chi connectivity index (χ1v) is 6.75. The minimum Gasteiger partial charge on any atom is -0.525 e. The smallest absolute Gasteiger partial charge is 0.319 e. The summed E-state index contributed by atoms with van der Waals surface area (Å²) in [5.74, 6) is 1.24. The van der Waals surface area contributed by atoms with E-state index in [1.54, 1.807) is 0 Å². The minimum absolute atomic E-state index is 0.205. The van der Waals surface area contributed by atoms with E-state index in [1.165, 1.54) is 0 Å². The van der Waals surface area contributed by atoms with Crippen LogP contribution in [0.3, 0.4) is 0 Å². The minimum atomic E-state index is -0.233. The van der Waals surface area contributed by atoms with Crippen molar-refractivity contribution in [1.29, 1.82) is 0 Å². The molecule has 0 radical (unpaired) electrons. The molecular weight excluding hydrogens is 216 g/mol. The molecule has 0 aromatic carbocycles. The third-order valence-electron chi connectivity index (χ3n) is 3.48. The lowest BCUT2D eigenvalue weighted by molar-refractivity contribution is -0.131. The van der Waals surface area contributed by atoms with Crippen LogP contribution < -0.4 is 0 Å². The Balaban J connectivity index is 5.13. The van der Waals surface area contributed by atoms with Gasteiger partial charge in [-0.15, -0.1) is 0 Å². The molecule has 0 aliphatic carbocycles. The predicted molar refractivity (Wildman–Crippen MR) is 72.1 cm³/mol. The number of carbonyl (C=O) groups is 1. The molecule has 0 saturated carbocycles. The third-order valence-corrected chi connectivity index (χ3v) is 3.85. The van der Waals surface area contributed by atoms with Gasteiger partial charge in [0.2, 0.25) is 10.5 Å². The summed E-state index contributed by atoms with van der Waals surface area (Å²) in [5, 5.41) is 0. The van der Waals surface area contributed by atoms with Crippen molar-refractivity contribution in [2.24, 2.45) is 23.2 Å². The Kier molecular flexibility index (Phi) is 5.46. The lowest BCUT2D eigenvalue weighted by Crippen LogP contribution is -2.36. The van der Waals surface area contributed by atoms with Crippen LogP contribution in [0.4, 0.5) is 0 Å². The highest BCUT2D eigenvalue weighted by Crippen LogP contribution is 2.43. The van der Waals surface area contributed by atoms with Gasteiger partial charge >= 0.3 is 5.97 Å². The monoisotopic (exact) mass is 242 g/mol. The van der Waals surface area contributed by atoms with Crippen LogP contribution >= 0.6 is 0 Å². The highest BCUT2D eigenvalue weighted by Gasteiger charge is 2.38. The molecule has 0 aliphatic heterocycles. The summed E-state index contributed by atoms with van der Waals surface area (Å²) >= 11 is 0. The molecule has 0 spiro atoms. The highest BCUT2D eigenvalue weighted by molar-refractivity contribution is 6.09. The van der Waals surface area contributed by atoms with Gasteiger partial charge in [0.25, 0.3) is 0 Å². The molecule has 0 aromatic rings. The fourth-order valence-electron chi connectivity index (χ4n) is 3.02.